The molecule has 15 heavy (non-hydrogen) atoms. The number of nitrogens with zero attached hydrogens (tertiary/aromatic N) is 2. The van der Waals surface area contributed by atoms with E-state index in [1.165, 1.54) is 0 Å². The van der Waals surface area contributed by atoms with Gasteiger partial charge in [-0.2, -0.15) is 0 Å². The Kier molecular flexibility index (Phi) is 5.65. The molecule has 1 N–H and O–H groups in total. The predicted molar refractivity (Wildman–Crippen MR) is 61.9 cm³/mol. The maximum absolute atomic E-state index is 11.5. The van der Waals surface area contributed by atoms with Crippen molar-refractivity contribution in [2.75, 3.05) is 45.8 Å². The zero-order valence-corrected chi connectivity index (χ0v) is 9.96. The van der Waals surface area contributed by atoms with Gasteiger partial charge in [0.1, 0.15) is 0 Å². The van der Waals surface area contributed by atoms with Crippen LogP contribution in [-0.2, 0) is 4.79 Å². The molecular formula is C11H23N3O. The summed E-state index contributed by atoms with van der Waals surface area (Å²) in [4.78, 5) is 16.1. The Hall–Kier alpha value is -0.610. The van der Waals surface area contributed by atoms with Crippen LogP contribution < -0.4 is 5.32 Å². The van der Waals surface area contributed by atoms with E-state index in [0.717, 1.165) is 45.7 Å². The van der Waals surface area contributed by atoms with Crippen molar-refractivity contribution in [3.8, 4) is 0 Å². The zero-order chi connectivity index (χ0) is 11.1. The third-order valence-corrected chi connectivity index (χ3v) is 2.85. The molecule has 88 valence electrons. The fraction of sp³-hybridized carbons (Fsp3) is 0.909. The Morgan fingerprint density at radius 2 is 1.73 bits per heavy atom. The number of carbonyl (C=O) groups is 1. The molecule has 1 aliphatic rings. The minimum atomic E-state index is 0.168. The average molecular weight is 213 g/mol. The van der Waals surface area contributed by atoms with Crippen LogP contribution in [0.25, 0.3) is 0 Å². The zero-order valence-electron chi connectivity index (χ0n) is 9.96. The molecule has 0 saturated carbocycles. The number of amides is 1. The van der Waals surface area contributed by atoms with Gasteiger partial charge >= 0.3 is 0 Å². The highest BCUT2D eigenvalue weighted by Gasteiger charge is 2.17. The highest BCUT2D eigenvalue weighted by atomic mass is 16.2. The molecule has 0 aliphatic carbocycles. The molecule has 1 fully saturated rings. The normalized spacial score (nSPS) is 19.1. The smallest absolute Gasteiger partial charge is 0.234 e. The van der Waals surface area contributed by atoms with Gasteiger partial charge < -0.3 is 10.2 Å². The van der Waals surface area contributed by atoms with Crippen molar-refractivity contribution in [3.05, 3.63) is 0 Å². The van der Waals surface area contributed by atoms with Gasteiger partial charge in [-0.1, -0.05) is 13.8 Å². The first-order valence-electron chi connectivity index (χ1n) is 5.97. The Labute approximate surface area is 92.6 Å². The predicted octanol–water partition coefficient (Wildman–Crippen LogP) is 0.150. The number of nitrogens with one attached hydrogen (secondary N) is 1. The minimum Gasteiger partial charge on any atom is -0.355 e. The Balaban J connectivity index is 2.15. The van der Waals surface area contributed by atoms with E-state index in [4.69, 9.17) is 0 Å². The summed E-state index contributed by atoms with van der Waals surface area (Å²) in [5.74, 6) is 0.168. The molecular weight excluding hydrogens is 190 g/mol. The molecule has 0 aromatic carbocycles. The molecule has 0 aromatic rings. The second kappa shape index (κ2) is 6.80. The molecule has 0 bridgehead atoms. The van der Waals surface area contributed by atoms with Crippen LogP contribution in [0.3, 0.4) is 0 Å². The molecule has 1 rings (SSSR count). The van der Waals surface area contributed by atoms with Crippen molar-refractivity contribution >= 4 is 5.91 Å². The quantitative estimate of drug-likeness (QED) is 0.706. The summed E-state index contributed by atoms with van der Waals surface area (Å²) in [6, 6.07) is 0. The van der Waals surface area contributed by atoms with Crippen LogP contribution in [0.4, 0.5) is 0 Å². The van der Waals surface area contributed by atoms with E-state index < -0.39 is 0 Å². The molecule has 4 heteroatoms. The first-order chi connectivity index (χ1) is 7.26. The second-order valence-electron chi connectivity index (χ2n) is 4.06. The standard InChI is InChI=1S/C11H23N3O/c1-3-5-12-11(15)10-14-8-6-13(4-2)7-9-14/h3-10H2,1-2H3,(H,12,15). The molecule has 1 amide bonds. The molecule has 0 radical (unpaired) electrons. The second-order valence-corrected chi connectivity index (χ2v) is 4.06. The fourth-order valence-corrected chi connectivity index (χ4v) is 1.79. The van der Waals surface area contributed by atoms with Gasteiger partial charge in [-0.05, 0) is 13.0 Å². The average Bonchev–Trinajstić information content (AvgIpc) is 2.27. The van der Waals surface area contributed by atoms with Crippen LogP contribution in [0.5, 0.6) is 0 Å². The van der Waals surface area contributed by atoms with Crippen LogP contribution >= 0.6 is 0 Å². The Morgan fingerprint density at radius 1 is 1.13 bits per heavy atom. The van der Waals surface area contributed by atoms with Crippen molar-refractivity contribution in [2.24, 2.45) is 0 Å². The van der Waals surface area contributed by atoms with Crippen molar-refractivity contribution in [1.82, 2.24) is 15.1 Å². The molecule has 0 atom stereocenters. The monoisotopic (exact) mass is 213 g/mol. The van der Waals surface area contributed by atoms with Gasteiger partial charge in [0.2, 0.25) is 5.91 Å². The number of rotatable bonds is 5. The fourth-order valence-electron chi connectivity index (χ4n) is 1.79. The summed E-state index contributed by atoms with van der Waals surface area (Å²) in [6.45, 7) is 11.0. The van der Waals surface area contributed by atoms with Crippen LogP contribution in [0.15, 0.2) is 0 Å². The van der Waals surface area contributed by atoms with Crippen molar-refractivity contribution in [2.45, 2.75) is 20.3 Å². The summed E-state index contributed by atoms with van der Waals surface area (Å²) in [5.41, 5.74) is 0. The molecule has 1 heterocycles. The SMILES string of the molecule is CCCNC(=O)CN1CCN(CC)CC1. The highest BCUT2D eigenvalue weighted by molar-refractivity contribution is 5.77. The van der Waals surface area contributed by atoms with Crippen LogP contribution in [-0.4, -0.2) is 61.5 Å². The van der Waals surface area contributed by atoms with Crippen LogP contribution in [0, 0.1) is 0 Å². The van der Waals surface area contributed by atoms with Crippen molar-refractivity contribution in [1.29, 1.82) is 0 Å². The minimum absolute atomic E-state index is 0.168. The number of hydrogen-bond donors (Lipinski definition) is 1. The summed E-state index contributed by atoms with van der Waals surface area (Å²) in [6.07, 6.45) is 1.01. The molecule has 0 spiro atoms. The molecule has 0 aromatic heterocycles. The third-order valence-electron chi connectivity index (χ3n) is 2.85. The van der Waals surface area contributed by atoms with E-state index in [9.17, 15) is 4.79 Å². The summed E-state index contributed by atoms with van der Waals surface area (Å²) >= 11 is 0. The number of carbonyl (C=O) groups excluding carboxylic acids is 1. The lowest BCUT2D eigenvalue weighted by molar-refractivity contribution is -0.122. The van der Waals surface area contributed by atoms with Gasteiger partial charge in [-0.3, -0.25) is 9.69 Å². The van der Waals surface area contributed by atoms with E-state index in [-0.39, 0.29) is 5.91 Å². The summed E-state index contributed by atoms with van der Waals surface area (Å²) in [5, 5.41) is 2.91. The van der Waals surface area contributed by atoms with Gasteiger partial charge in [-0.15, -0.1) is 0 Å². The maximum Gasteiger partial charge on any atom is 0.234 e. The van der Waals surface area contributed by atoms with Gasteiger partial charge in [0.25, 0.3) is 0 Å². The summed E-state index contributed by atoms with van der Waals surface area (Å²) < 4.78 is 0. The van der Waals surface area contributed by atoms with Crippen molar-refractivity contribution < 1.29 is 4.79 Å². The largest absolute Gasteiger partial charge is 0.355 e. The highest BCUT2D eigenvalue weighted by Crippen LogP contribution is 2.00. The van der Waals surface area contributed by atoms with Gasteiger partial charge in [-0.25, -0.2) is 0 Å². The molecule has 1 aliphatic heterocycles. The molecule has 0 unspecified atom stereocenters. The van der Waals surface area contributed by atoms with E-state index >= 15 is 0 Å². The topological polar surface area (TPSA) is 35.6 Å². The lowest BCUT2D eigenvalue weighted by Gasteiger charge is -2.33. The lowest BCUT2D eigenvalue weighted by atomic mass is 10.3. The van der Waals surface area contributed by atoms with E-state index in [2.05, 4.69) is 29.0 Å². The van der Waals surface area contributed by atoms with E-state index in [1.54, 1.807) is 0 Å². The van der Waals surface area contributed by atoms with Gasteiger partial charge in [0.15, 0.2) is 0 Å². The van der Waals surface area contributed by atoms with Crippen LogP contribution in [0.2, 0.25) is 0 Å². The number of piperazine rings is 1. The van der Waals surface area contributed by atoms with E-state index in [1.807, 2.05) is 0 Å². The molecule has 1 saturated heterocycles. The lowest BCUT2D eigenvalue weighted by Crippen LogP contribution is -2.49. The van der Waals surface area contributed by atoms with Crippen molar-refractivity contribution in [3.63, 3.8) is 0 Å². The number of hydrogen-bond acceptors (Lipinski definition) is 3. The Bertz CT molecular complexity index is 188. The Morgan fingerprint density at radius 3 is 2.27 bits per heavy atom. The maximum atomic E-state index is 11.5. The number of likely N-dealkylation sites (N-methyl/N-ethyl adjacent to an activating group) is 1. The van der Waals surface area contributed by atoms with Crippen LogP contribution in [0.1, 0.15) is 20.3 Å². The summed E-state index contributed by atoms with van der Waals surface area (Å²) in [7, 11) is 0. The first-order valence-corrected chi connectivity index (χ1v) is 5.97. The van der Waals surface area contributed by atoms with E-state index in [0.29, 0.717) is 6.54 Å². The third kappa shape index (κ3) is 4.62. The molecule has 4 nitrogen and oxygen atoms in total. The van der Waals surface area contributed by atoms with Gasteiger partial charge in [0.05, 0.1) is 6.54 Å². The first kappa shape index (κ1) is 12.5. The van der Waals surface area contributed by atoms with Gasteiger partial charge in [0, 0.05) is 32.7 Å².